The zero-order valence-electron chi connectivity index (χ0n) is 14.1. The Morgan fingerprint density at radius 1 is 1.27 bits per heavy atom. The van der Waals surface area contributed by atoms with Crippen molar-refractivity contribution in [1.82, 2.24) is 10.3 Å². The van der Waals surface area contributed by atoms with Gasteiger partial charge in [0.05, 0.1) is 0 Å². The largest absolute Gasteiger partial charge is 0.350 e. The summed E-state index contributed by atoms with van der Waals surface area (Å²) < 4.78 is 0. The molecule has 0 aliphatic carbocycles. The zero-order valence-corrected chi connectivity index (χ0v) is 14.9. The molecule has 1 atom stereocenters. The Hall–Kier alpha value is -2.86. The molecular formula is C19H18ClN3O3. The summed E-state index contributed by atoms with van der Waals surface area (Å²) in [7, 11) is 0. The van der Waals surface area contributed by atoms with Gasteiger partial charge in [-0.1, -0.05) is 29.8 Å². The van der Waals surface area contributed by atoms with Crippen LogP contribution in [0, 0.1) is 0 Å². The Morgan fingerprint density at radius 2 is 2.08 bits per heavy atom. The first-order valence-electron chi connectivity index (χ1n) is 8.21. The van der Waals surface area contributed by atoms with Crippen molar-refractivity contribution in [2.75, 3.05) is 5.32 Å². The summed E-state index contributed by atoms with van der Waals surface area (Å²) in [4.78, 5) is 37.5. The molecule has 1 aliphatic heterocycles. The summed E-state index contributed by atoms with van der Waals surface area (Å²) in [5.74, 6) is -0.169. The minimum absolute atomic E-state index is 0.00203. The van der Waals surface area contributed by atoms with Gasteiger partial charge in [-0.15, -0.1) is 0 Å². The fourth-order valence-corrected chi connectivity index (χ4v) is 3.00. The van der Waals surface area contributed by atoms with Crippen molar-refractivity contribution in [3.8, 4) is 0 Å². The van der Waals surface area contributed by atoms with Gasteiger partial charge in [0.25, 0.3) is 5.56 Å². The molecule has 1 fully saturated rings. The van der Waals surface area contributed by atoms with Crippen molar-refractivity contribution in [2.24, 2.45) is 0 Å². The number of carbonyl (C=O) groups excluding carboxylic acids is 2. The van der Waals surface area contributed by atoms with E-state index in [2.05, 4.69) is 15.6 Å². The summed E-state index contributed by atoms with van der Waals surface area (Å²) in [5, 5.41) is 5.74. The van der Waals surface area contributed by atoms with Crippen molar-refractivity contribution in [3.63, 3.8) is 0 Å². The lowest BCUT2D eigenvalue weighted by atomic mass is 9.98. The van der Waals surface area contributed by atoms with Gasteiger partial charge in [0.1, 0.15) is 5.02 Å². The van der Waals surface area contributed by atoms with Gasteiger partial charge in [-0.2, -0.15) is 0 Å². The highest BCUT2D eigenvalue weighted by molar-refractivity contribution is 6.30. The molecule has 2 amide bonds. The number of rotatable bonds is 4. The maximum absolute atomic E-state index is 11.9. The van der Waals surface area contributed by atoms with Crippen LogP contribution in [0.1, 0.15) is 31.0 Å². The van der Waals surface area contributed by atoms with E-state index in [0.717, 1.165) is 11.1 Å². The molecule has 0 bridgehead atoms. The van der Waals surface area contributed by atoms with E-state index >= 15 is 0 Å². The molecule has 0 radical (unpaired) electrons. The summed E-state index contributed by atoms with van der Waals surface area (Å²) in [6.45, 7) is 1.44. The van der Waals surface area contributed by atoms with E-state index in [9.17, 15) is 14.4 Å². The number of nitrogens with one attached hydrogen (secondary N) is 3. The van der Waals surface area contributed by atoms with Crippen molar-refractivity contribution in [3.05, 3.63) is 69.1 Å². The van der Waals surface area contributed by atoms with Crippen LogP contribution in [0.3, 0.4) is 0 Å². The van der Waals surface area contributed by atoms with E-state index in [1.54, 1.807) is 12.1 Å². The molecule has 26 heavy (non-hydrogen) atoms. The molecule has 2 heterocycles. The van der Waals surface area contributed by atoms with E-state index in [1.165, 1.54) is 13.0 Å². The van der Waals surface area contributed by atoms with Gasteiger partial charge in [-0.3, -0.25) is 14.4 Å². The first kappa shape index (κ1) is 17.9. The minimum Gasteiger partial charge on any atom is -0.350 e. The van der Waals surface area contributed by atoms with Crippen LogP contribution in [0.15, 0.2) is 47.3 Å². The number of carbonyl (C=O) groups is 2. The Labute approximate surface area is 155 Å². The molecular weight excluding hydrogens is 354 g/mol. The third-order valence-corrected chi connectivity index (χ3v) is 4.34. The Bertz CT molecular complexity index is 949. The van der Waals surface area contributed by atoms with Crippen molar-refractivity contribution < 1.29 is 9.59 Å². The molecule has 7 heteroatoms. The number of benzene rings is 1. The van der Waals surface area contributed by atoms with Crippen LogP contribution in [-0.2, 0) is 9.59 Å². The lowest BCUT2D eigenvalue weighted by Crippen LogP contribution is -2.23. The molecule has 3 rings (SSSR count). The highest BCUT2D eigenvalue weighted by Crippen LogP contribution is 2.26. The number of H-pyrrole nitrogens is 1. The molecule has 6 nitrogen and oxygen atoms in total. The number of halogens is 1. The number of aromatic nitrogens is 1. The fourth-order valence-electron chi connectivity index (χ4n) is 2.89. The molecule has 1 aromatic heterocycles. The van der Waals surface area contributed by atoms with E-state index in [4.69, 9.17) is 11.6 Å². The number of anilines is 1. The average molecular weight is 372 g/mol. The van der Waals surface area contributed by atoms with Gasteiger partial charge in [0.2, 0.25) is 11.8 Å². The topological polar surface area (TPSA) is 91.1 Å². The third-order valence-electron chi connectivity index (χ3n) is 4.04. The predicted molar refractivity (Wildman–Crippen MR) is 101 cm³/mol. The predicted octanol–water partition coefficient (Wildman–Crippen LogP) is 2.70. The van der Waals surface area contributed by atoms with Crippen LogP contribution in [0.2, 0.25) is 5.02 Å². The Balaban J connectivity index is 2.07. The zero-order chi connectivity index (χ0) is 18.7. The van der Waals surface area contributed by atoms with Crippen molar-refractivity contribution in [1.29, 1.82) is 0 Å². The molecule has 1 saturated heterocycles. The van der Waals surface area contributed by atoms with Crippen LogP contribution < -0.4 is 16.2 Å². The normalized spacial score (nSPS) is 17.1. The second-order valence-electron chi connectivity index (χ2n) is 6.10. The summed E-state index contributed by atoms with van der Waals surface area (Å²) in [6.07, 6.45) is 3.07. The quantitative estimate of drug-likeness (QED) is 0.771. The van der Waals surface area contributed by atoms with Gasteiger partial charge in [-0.05, 0) is 36.2 Å². The van der Waals surface area contributed by atoms with Crippen LogP contribution in [0.5, 0.6) is 0 Å². The van der Waals surface area contributed by atoms with Crippen LogP contribution >= 0.6 is 11.6 Å². The minimum atomic E-state index is -0.386. The Morgan fingerprint density at radius 3 is 2.73 bits per heavy atom. The molecule has 2 aromatic rings. The van der Waals surface area contributed by atoms with Gasteiger partial charge in [0.15, 0.2) is 0 Å². The second kappa shape index (κ2) is 7.58. The first-order valence-corrected chi connectivity index (χ1v) is 8.58. The van der Waals surface area contributed by atoms with Gasteiger partial charge in [-0.25, -0.2) is 0 Å². The van der Waals surface area contributed by atoms with Gasteiger partial charge in [0, 0.05) is 36.3 Å². The van der Waals surface area contributed by atoms with E-state index in [1.807, 2.05) is 24.3 Å². The molecule has 0 unspecified atom stereocenters. The molecule has 0 spiro atoms. The second-order valence-corrected chi connectivity index (χ2v) is 6.51. The maximum atomic E-state index is 11.9. The molecule has 0 saturated carbocycles. The van der Waals surface area contributed by atoms with Crippen LogP contribution in [0.25, 0.3) is 5.57 Å². The lowest BCUT2D eigenvalue weighted by molar-refractivity contribution is -0.119. The summed E-state index contributed by atoms with van der Waals surface area (Å²) in [6, 6.07) is 10.4. The van der Waals surface area contributed by atoms with E-state index in [-0.39, 0.29) is 28.4 Å². The summed E-state index contributed by atoms with van der Waals surface area (Å²) >= 11 is 5.84. The van der Waals surface area contributed by atoms with Crippen molar-refractivity contribution >= 4 is 34.7 Å². The number of amides is 2. The fraction of sp³-hybridized carbons (Fsp3) is 0.211. The highest BCUT2D eigenvalue weighted by atomic mass is 35.5. The number of aromatic amines is 1. The molecule has 1 aliphatic rings. The van der Waals surface area contributed by atoms with Gasteiger partial charge >= 0.3 is 0 Å². The number of pyridine rings is 1. The SMILES string of the molecule is CC(=O)Nc1cccc(C(=C[C@H]2CCC(=O)N2)c2ccc(Cl)c(=O)[nH]2)c1. The highest BCUT2D eigenvalue weighted by Gasteiger charge is 2.20. The molecule has 3 N–H and O–H groups in total. The third kappa shape index (κ3) is 4.21. The monoisotopic (exact) mass is 371 g/mol. The number of hydrogen-bond donors (Lipinski definition) is 3. The van der Waals surface area contributed by atoms with Gasteiger partial charge < -0.3 is 15.6 Å². The van der Waals surface area contributed by atoms with Crippen LogP contribution in [0.4, 0.5) is 5.69 Å². The van der Waals surface area contributed by atoms with E-state index < -0.39 is 0 Å². The Kier molecular flexibility index (Phi) is 5.23. The molecule has 134 valence electrons. The van der Waals surface area contributed by atoms with Crippen molar-refractivity contribution in [2.45, 2.75) is 25.8 Å². The standard InChI is InChI=1S/C19H18ClN3O3/c1-11(24)21-13-4-2-3-12(9-13)15(10-14-5-8-18(25)22-14)17-7-6-16(20)19(26)23-17/h2-4,6-7,9-10,14H,5,8H2,1H3,(H,21,24)(H,22,25)(H,23,26)/t14-/m1/s1. The van der Waals surface area contributed by atoms with Crippen LogP contribution in [-0.4, -0.2) is 22.8 Å². The smallest absolute Gasteiger partial charge is 0.267 e. The average Bonchev–Trinajstić information content (AvgIpc) is 3.00. The summed E-state index contributed by atoms with van der Waals surface area (Å²) in [5.41, 5.74) is 2.39. The molecule has 1 aromatic carbocycles. The number of hydrogen-bond acceptors (Lipinski definition) is 3. The lowest BCUT2D eigenvalue weighted by Gasteiger charge is -2.13. The first-order chi connectivity index (χ1) is 12.4. The maximum Gasteiger partial charge on any atom is 0.267 e. The van der Waals surface area contributed by atoms with E-state index in [0.29, 0.717) is 24.2 Å².